The Bertz CT molecular complexity index is 1070. The average molecular weight is 463 g/mol. The number of aromatic nitrogens is 1. The summed E-state index contributed by atoms with van der Waals surface area (Å²) in [5.41, 5.74) is 4.20. The number of carbonyl (C=O) groups excluding carboxylic acids is 2. The summed E-state index contributed by atoms with van der Waals surface area (Å²) in [6.07, 6.45) is 1.06. The number of ether oxygens (including phenoxy) is 2. The summed E-state index contributed by atoms with van der Waals surface area (Å²) in [4.78, 5) is 25.3. The van der Waals surface area contributed by atoms with Gasteiger partial charge in [0.2, 0.25) is 0 Å². The van der Waals surface area contributed by atoms with Crippen LogP contribution >= 0.6 is 0 Å². The van der Waals surface area contributed by atoms with Crippen molar-refractivity contribution >= 4 is 12.1 Å². The SMILES string of the molecule is CCc1cc(C(=O)OC)c(-c2ccccc2)n1C[C@H](CC(C)C)NC(=O)OCc1ccccc1. The molecule has 3 aromatic rings. The van der Waals surface area contributed by atoms with Gasteiger partial charge < -0.3 is 19.4 Å². The van der Waals surface area contributed by atoms with Crippen LogP contribution in [0.4, 0.5) is 4.79 Å². The Labute approximate surface area is 201 Å². The number of esters is 1. The van der Waals surface area contributed by atoms with E-state index in [1.807, 2.05) is 66.7 Å². The van der Waals surface area contributed by atoms with Gasteiger partial charge in [0.15, 0.2) is 0 Å². The number of amides is 1. The van der Waals surface area contributed by atoms with Gasteiger partial charge in [-0.3, -0.25) is 0 Å². The molecule has 0 saturated heterocycles. The number of aryl methyl sites for hydroxylation is 1. The maximum atomic E-state index is 12.7. The van der Waals surface area contributed by atoms with Crippen molar-refractivity contribution in [3.8, 4) is 11.3 Å². The summed E-state index contributed by atoms with van der Waals surface area (Å²) in [5.74, 6) is -0.0109. The van der Waals surface area contributed by atoms with Crippen molar-refractivity contribution in [1.29, 1.82) is 0 Å². The topological polar surface area (TPSA) is 69.6 Å². The molecule has 34 heavy (non-hydrogen) atoms. The van der Waals surface area contributed by atoms with E-state index < -0.39 is 6.09 Å². The lowest BCUT2D eigenvalue weighted by atomic mass is 10.0. The minimum atomic E-state index is -0.450. The number of hydrogen-bond acceptors (Lipinski definition) is 4. The summed E-state index contributed by atoms with van der Waals surface area (Å²) in [5, 5.41) is 3.05. The molecule has 6 nitrogen and oxygen atoms in total. The number of carbonyl (C=O) groups is 2. The maximum absolute atomic E-state index is 12.7. The zero-order valence-electron chi connectivity index (χ0n) is 20.4. The second-order valence-electron chi connectivity index (χ2n) is 8.75. The predicted octanol–water partition coefficient (Wildman–Crippen LogP) is 5.85. The van der Waals surface area contributed by atoms with E-state index in [-0.39, 0.29) is 18.6 Å². The molecule has 3 rings (SSSR count). The molecule has 180 valence electrons. The highest BCUT2D eigenvalue weighted by molar-refractivity contribution is 5.97. The van der Waals surface area contributed by atoms with Gasteiger partial charge in [-0.25, -0.2) is 9.59 Å². The van der Waals surface area contributed by atoms with E-state index in [0.717, 1.165) is 35.4 Å². The van der Waals surface area contributed by atoms with Gasteiger partial charge in [-0.2, -0.15) is 0 Å². The molecule has 0 bridgehead atoms. The van der Waals surface area contributed by atoms with E-state index >= 15 is 0 Å². The van der Waals surface area contributed by atoms with Crippen LogP contribution in [0.15, 0.2) is 66.7 Å². The van der Waals surface area contributed by atoms with Gasteiger partial charge in [-0.15, -0.1) is 0 Å². The second-order valence-corrected chi connectivity index (χ2v) is 8.75. The van der Waals surface area contributed by atoms with Crippen molar-refractivity contribution in [3.05, 3.63) is 83.6 Å². The molecule has 0 aliphatic carbocycles. The van der Waals surface area contributed by atoms with Gasteiger partial charge in [0.25, 0.3) is 0 Å². The number of rotatable bonds is 10. The molecule has 1 N–H and O–H groups in total. The van der Waals surface area contributed by atoms with E-state index in [0.29, 0.717) is 18.0 Å². The molecule has 0 saturated carbocycles. The van der Waals surface area contributed by atoms with Crippen molar-refractivity contribution in [1.82, 2.24) is 9.88 Å². The van der Waals surface area contributed by atoms with E-state index in [4.69, 9.17) is 9.47 Å². The van der Waals surface area contributed by atoms with Gasteiger partial charge in [-0.1, -0.05) is 81.4 Å². The minimum absolute atomic E-state index is 0.172. The molecule has 1 aromatic heterocycles. The first-order chi connectivity index (χ1) is 16.4. The van der Waals surface area contributed by atoms with Gasteiger partial charge >= 0.3 is 12.1 Å². The summed E-state index contributed by atoms with van der Waals surface area (Å²) in [6.45, 7) is 7.03. The monoisotopic (exact) mass is 462 g/mol. The van der Waals surface area contributed by atoms with Crippen LogP contribution in [0.5, 0.6) is 0 Å². The fourth-order valence-corrected chi connectivity index (χ4v) is 4.18. The second kappa shape index (κ2) is 12.1. The molecular formula is C28H34N2O4. The highest BCUT2D eigenvalue weighted by Crippen LogP contribution is 2.30. The van der Waals surface area contributed by atoms with Crippen LogP contribution in [0.1, 0.15) is 48.8 Å². The molecular weight excluding hydrogens is 428 g/mol. The Kier molecular flexibility index (Phi) is 8.91. The third kappa shape index (κ3) is 6.50. The van der Waals surface area contributed by atoms with Crippen LogP contribution in [0, 0.1) is 5.92 Å². The van der Waals surface area contributed by atoms with E-state index in [1.165, 1.54) is 7.11 Å². The highest BCUT2D eigenvalue weighted by atomic mass is 16.5. The van der Waals surface area contributed by atoms with Crippen molar-refractivity contribution in [2.75, 3.05) is 7.11 Å². The standard InChI is InChI=1S/C28H34N2O4/c1-5-24-17-25(27(31)33-4)26(22-14-10-7-11-15-22)30(24)18-23(16-20(2)3)29-28(32)34-19-21-12-8-6-9-13-21/h6-15,17,20,23H,5,16,18-19H2,1-4H3,(H,29,32)/t23-/m0/s1. The number of benzene rings is 2. The Morgan fingerprint density at radius 3 is 2.24 bits per heavy atom. The summed E-state index contributed by atoms with van der Waals surface area (Å²) < 4.78 is 12.7. The molecule has 1 heterocycles. The van der Waals surface area contributed by atoms with Gasteiger partial charge in [0.1, 0.15) is 6.61 Å². The van der Waals surface area contributed by atoms with Crippen molar-refractivity contribution in [2.45, 2.75) is 52.8 Å². The summed E-state index contributed by atoms with van der Waals surface area (Å²) >= 11 is 0. The smallest absolute Gasteiger partial charge is 0.407 e. The average Bonchev–Trinajstić information content (AvgIpc) is 3.21. The first-order valence-corrected chi connectivity index (χ1v) is 11.8. The first kappa shape index (κ1) is 25.1. The Balaban J connectivity index is 1.88. The van der Waals surface area contributed by atoms with Gasteiger partial charge in [0.05, 0.1) is 24.4 Å². The van der Waals surface area contributed by atoms with Crippen LogP contribution < -0.4 is 5.32 Å². The lowest BCUT2D eigenvalue weighted by Gasteiger charge is -2.24. The molecule has 1 amide bonds. The summed E-state index contributed by atoms with van der Waals surface area (Å²) in [7, 11) is 1.39. The third-order valence-corrected chi connectivity index (χ3v) is 5.69. The van der Waals surface area contributed by atoms with Crippen LogP contribution in [-0.4, -0.2) is 29.8 Å². The molecule has 0 aliphatic heterocycles. The van der Waals surface area contributed by atoms with E-state index in [9.17, 15) is 9.59 Å². The molecule has 2 aromatic carbocycles. The van der Waals surface area contributed by atoms with Gasteiger partial charge in [0, 0.05) is 12.2 Å². The Morgan fingerprint density at radius 2 is 1.65 bits per heavy atom. The largest absolute Gasteiger partial charge is 0.465 e. The zero-order chi connectivity index (χ0) is 24.5. The number of hydrogen-bond donors (Lipinski definition) is 1. The van der Waals surface area contributed by atoms with Crippen molar-refractivity contribution in [2.24, 2.45) is 5.92 Å². The van der Waals surface area contributed by atoms with Crippen LogP contribution in [-0.2, 0) is 29.0 Å². The maximum Gasteiger partial charge on any atom is 0.407 e. The Hall–Kier alpha value is -3.54. The molecule has 0 fully saturated rings. The minimum Gasteiger partial charge on any atom is -0.465 e. The van der Waals surface area contributed by atoms with Gasteiger partial charge in [-0.05, 0) is 36.0 Å². The van der Waals surface area contributed by atoms with E-state index in [1.54, 1.807) is 0 Å². The fourth-order valence-electron chi connectivity index (χ4n) is 4.18. The Morgan fingerprint density at radius 1 is 1.00 bits per heavy atom. The predicted molar refractivity (Wildman–Crippen MR) is 134 cm³/mol. The van der Waals surface area contributed by atoms with Crippen LogP contribution in [0.2, 0.25) is 0 Å². The molecule has 0 radical (unpaired) electrons. The highest BCUT2D eigenvalue weighted by Gasteiger charge is 2.24. The number of nitrogens with one attached hydrogen (secondary N) is 1. The zero-order valence-corrected chi connectivity index (χ0v) is 20.4. The third-order valence-electron chi connectivity index (χ3n) is 5.69. The lowest BCUT2D eigenvalue weighted by molar-refractivity contribution is 0.0601. The van der Waals surface area contributed by atoms with Crippen LogP contribution in [0.3, 0.4) is 0 Å². The van der Waals surface area contributed by atoms with E-state index in [2.05, 4.69) is 30.7 Å². The molecule has 0 spiro atoms. The van der Waals surface area contributed by atoms with Crippen LogP contribution in [0.25, 0.3) is 11.3 Å². The molecule has 0 unspecified atom stereocenters. The molecule has 1 atom stereocenters. The number of alkyl carbamates (subject to hydrolysis) is 1. The number of methoxy groups -OCH3 is 1. The quantitative estimate of drug-likeness (QED) is 0.384. The molecule has 6 heteroatoms. The normalized spacial score (nSPS) is 11.8. The lowest BCUT2D eigenvalue weighted by Crippen LogP contribution is -2.39. The summed E-state index contributed by atoms with van der Waals surface area (Å²) in [6, 6.07) is 21.1. The van der Waals surface area contributed by atoms with Crippen molar-refractivity contribution < 1.29 is 19.1 Å². The molecule has 0 aliphatic rings. The fraction of sp³-hybridized carbons (Fsp3) is 0.357. The number of nitrogens with zero attached hydrogens (tertiary/aromatic N) is 1. The first-order valence-electron chi connectivity index (χ1n) is 11.8. The van der Waals surface area contributed by atoms with Crippen molar-refractivity contribution in [3.63, 3.8) is 0 Å².